The summed E-state index contributed by atoms with van der Waals surface area (Å²) in [7, 11) is 0. The summed E-state index contributed by atoms with van der Waals surface area (Å²) in [6, 6.07) is 2.33. The van der Waals surface area contributed by atoms with E-state index in [0.29, 0.717) is 25.3 Å². The molecule has 23 heavy (non-hydrogen) atoms. The number of piperidine rings is 1. The van der Waals surface area contributed by atoms with Crippen molar-refractivity contribution in [3.63, 3.8) is 0 Å². The van der Waals surface area contributed by atoms with Gasteiger partial charge >= 0.3 is 6.18 Å². The SMILES string of the molecule is CC(N)CC(=O)NC1CCN(c2ccc(C(F)(F)F)cn2)CC1. The second-order valence-corrected chi connectivity index (χ2v) is 5.91. The molecule has 0 radical (unpaired) electrons. The van der Waals surface area contributed by atoms with E-state index in [9.17, 15) is 18.0 Å². The number of nitrogens with zero attached hydrogens (tertiary/aromatic N) is 2. The zero-order valence-electron chi connectivity index (χ0n) is 12.9. The molecule has 2 rings (SSSR count). The fourth-order valence-corrected chi connectivity index (χ4v) is 2.57. The van der Waals surface area contributed by atoms with Crippen LogP contribution in [-0.2, 0) is 11.0 Å². The lowest BCUT2D eigenvalue weighted by molar-refractivity contribution is -0.137. The minimum Gasteiger partial charge on any atom is -0.356 e. The van der Waals surface area contributed by atoms with Crippen LogP contribution in [-0.4, -0.2) is 36.1 Å². The number of hydrogen-bond acceptors (Lipinski definition) is 4. The fraction of sp³-hybridized carbons (Fsp3) is 0.600. The van der Waals surface area contributed by atoms with Gasteiger partial charge in [-0.3, -0.25) is 4.79 Å². The zero-order chi connectivity index (χ0) is 17.0. The van der Waals surface area contributed by atoms with E-state index >= 15 is 0 Å². The van der Waals surface area contributed by atoms with Gasteiger partial charge in [-0.2, -0.15) is 13.2 Å². The highest BCUT2D eigenvalue weighted by atomic mass is 19.4. The number of rotatable bonds is 4. The molecule has 0 aromatic carbocycles. The summed E-state index contributed by atoms with van der Waals surface area (Å²) in [4.78, 5) is 17.5. The average molecular weight is 330 g/mol. The number of anilines is 1. The van der Waals surface area contributed by atoms with Gasteiger partial charge < -0.3 is 16.0 Å². The van der Waals surface area contributed by atoms with Gasteiger partial charge in [0.1, 0.15) is 5.82 Å². The lowest BCUT2D eigenvalue weighted by atomic mass is 10.0. The van der Waals surface area contributed by atoms with E-state index in [1.165, 1.54) is 6.07 Å². The van der Waals surface area contributed by atoms with Crippen LogP contribution in [0.2, 0.25) is 0 Å². The topological polar surface area (TPSA) is 71.2 Å². The quantitative estimate of drug-likeness (QED) is 0.885. The van der Waals surface area contributed by atoms with E-state index < -0.39 is 11.7 Å². The summed E-state index contributed by atoms with van der Waals surface area (Å²) in [5, 5.41) is 2.94. The van der Waals surface area contributed by atoms with E-state index in [-0.39, 0.29) is 18.0 Å². The van der Waals surface area contributed by atoms with Gasteiger partial charge in [-0.25, -0.2) is 4.98 Å². The second kappa shape index (κ2) is 7.16. The third-order valence-electron chi connectivity index (χ3n) is 3.77. The number of aromatic nitrogens is 1. The van der Waals surface area contributed by atoms with Gasteiger partial charge in [0, 0.05) is 37.8 Å². The van der Waals surface area contributed by atoms with E-state index in [1.807, 2.05) is 4.90 Å². The molecular formula is C15H21F3N4O. The van der Waals surface area contributed by atoms with Crippen molar-refractivity contribution in [2.24, 2.45) is 5.73 Å². The molecule has 1 aromatic rings. The van der Waals surface area contributed by atoms with Crippen LogP contribution in [0.25, 0.3) is 0 Å². The van der Waals surface area contributed by atoms with Crippen molar-refractivity contribution in [1.29, 1.82) is 0 Å². The summed E-state index contributed by atoms with van der Waals surface area (Å²) in [5.41, 5.74) is 4.83. The van der Waals surface area contributed by atoms with Crippen molar-refractivity contribution >= 4 is 11.7 Å². The number of halogens is 3. The Morgan fingerprint density at radius 2 is 2.09 bits per heavy atom. The maximum Gasteiger partial charge on any atom is 0.417 e. The molecule has 1 aliphatic rings. The Morgan fingerprint density at radius 3 is 2.57 bits per heavy atom. The number of carbonyl (C=O) groups is 1. The molecule has 1 aliphatic heterocycles. The Bertz CT molecular complexity index is 523. The number of amides is 1. The van der Waals surface area contributed by atoms with Gasteiger partial charge in [0.25, 0.3) is 0 Å². The van der Waals surface area contributed by atoms with E-state index in [0.717, 1.165) is 25.1 Å². The third kappa shape index (κ3) is 5.09. The first-order valence-electron chi connectivity index (χ1n) is 7.59. The van der Waals surface area contributed by atoms with Crippen molar-refractivity contribution in [2.45, 2.75) is 44.4 Å². The van der Waals surface area contributed by atoms with Gasteiger partial charge in [0.05, 0.1) is 5.56 Å². The van der Waals surface area contributed by atoms with Crippen molar-refractivity contribution in [2.75, 3.05) is 18.0 Å². The number of pyridine rings is 1. The normalized spacial score (nSPS) is 17.9. The maximum absolute atomic E-state index is 12.5. The Kier molecular flexibility index (Phi) is 5.46. The molecule has 1 saturated heterocycles. The van der Waals surface area contributed by atoms with Crippen LogP contribution in [0, 0.1) is 0 Å². The lowest BCUT2D eigenvalue weighted by Crippen LogP contribution is -2.45. The molecule has 1 atom stereocenters. The fourth-order valence-electron chi connectivity index (χ4n) is 2.57. The Balaban J connectivity index is 1.86. The van der Waals surface area contributed by atoms with Crippen molar-refractivity contribution < 1.29 is 18.0 Å². The molecule has 0 saturated carbocycles. The van der Waals surface area contributed by atoms with Crippen molar-refractivity contribution in [1.82, 2.24) is 10.3 Å². The van der Waals surface area contributed by atoms with Gasteiger partial charge in [-0.1, -0.05) is 0 Å². The number of hydrogen-bond donors (Lipinski definition) is 2. The molecule has 1 unspecified atom stereocenters. The van der Waals surface area contributed by atoms with E-state index in [4.69, 9.17) is 5.73 Å². The first-order valence-corrected chi connectivity index (χ1v) is 7.59. The van der Waals surface area contributed by atoms with Crippen LogP contribution >= 0.6 is 0 Å². The highest BCUT2D eigenvalue weighted by Gasteiger charge is 2.31. The van der Waals surface area contributed by atoms with Gasteiger partial charge in [-0.15, -0.1) is 0 Å². The molecule has 3 N–H and O–H groups in total. The van der Waals surface area contributed by atoms with Crippen molar-refractivity contribution in [3.8, 4) is 0 Å². The molecule has 0 aliphatic carbocycles. The van der Waals surface area contributed by atoms with Crippen LogP contribution in [0.5, 0.6) is 0 Å². The third-order valence-corrected chi connectivity index (χ3v) is 3.77. The minimum atomic E-state index is -4.37. The summed E-state index contributed by atoms with van der Waals surface area (Å²) in [5.74, 6) is 0.462. The number of carbonyl (C=O) groups excluding carboxylic acids is 1. The van der Waals surface area contributed by atoms with Crippen LogP contribution in [0.4, 0.5) is 19.0 Å². The molecule has 5 nitrogen and oxygen atoms in total. The van der Waals surface area contributed by atoms with Crippen molar-refractivity contribution in [3.05, 3.63) is 23.9 Å². The molecule has 0 spiro atoms. The standard InChI is InChI=1S/C15H21F3N4O/c1-10(19)8-14(23)21-12-4-6-22(7-5-12)13-3-2-11(9-20-13)15(16,17)18/h2-3,9-10,12H,4-8,19H2,1H3,(H,21,23). The number of alkyl halides is 3. The molecule has 1 fully saturated rings. The van der Waals surface area contributed by atoms with E-state index in [2.05, 4.69) is 10.3 Å². The van der Waals surface area contributed by atoms with Crippen LogP contribution in [0.1, 0.15) is 31.7 Å². The molecule has 1 amide bonds. The smallest absolute Gasteiger partial charge is 0.356 e. The summed E-state index contributed by atoms with van der Waals surface area (Å²) < 4.78 is 37.6. The van der Waals surface area contributed by atoms with E-state index in [1.54, 1.807) is 6.92 Å². The Morgan fingerprint density at radius 1 is 1.43 bits per heavy atom. The zero-order valence-corrected chi connectivity index (χ0v) is 12.9. The molecule has 1 aromatic heterocycles. The monoisotopic (exact) mass is 330 g/mol. The first kappa shape index (κ1) is 17.5. The first-order chi connectivity index (χ1) is 10.8. The maximum atomic E-state index is 12.5. The minimum absolute atomic E-state index is 0.0638. The average Bonchev–Trinajstić information content (AvgIpc) is 2.46. The highest BCUT2D eigenvalue weighted by Crippen LogP contribution is 2.29. The lowest BCUT2D eigenvalue weighted by Gasteiger charge is -2.33. The predicted octanol–water partition coefficient (Wildman–Crippen LogP) is 1.92. The second-order valence-electron chi connectivity index (χ2n) is 5.91. The Hall–Kier alpha value is -1.83. The Labute approximate surface area is 133 Å². The van der Waals surface area contributed by atoms with Gasteiger partial charge in [-0.05, 0) is 31.9 Å². The van der Waals surface area contributed by atoms with Crippen LogP contribution in [0.15, 0.2) is 18.3 Å². The highest BCUT2D eigenvalue weighted by molar-refractivity contribution is 5.76. The van der Waals surface area contributed by atoms with Crippen LogP contribution < -0.4 is 16.0 Å². The molecule has 8 heteroatoms. The predicted molar refractivity (Wildman–Crippen MR) is 80.9 cm³/mol. The largest absolute Gasteiger partial charge is 0.417 e. The molecular weight excluding hydrogens is 309 g/mol. The molecule has 128 valence electrons. The summed E-state index contributed by atoms with van der Waals surface area (Å²) in [6.07, 6.45) is -1.77. The number of nitrogens with two attached hydrogens (primary N) is 1. The summed E-state index contributed by atoms with van der Waals surface area (Å²) >= 11 is 0. The van der Waals surface area contributed by atoms with Crippen LogP contribution in [0.3, 0.4) is 0 Å². The van der Waals surface area contributed by atoms with Gasteiger partial charge in [0.15, 0.2) is 0 Å². The molecule has 0 bridgehead atoms. The molecule has 2 heterocycles. The summed E-state index contributed by atoms with van der Waals surface area (Å²) in [6.45, 7) is 3.06. The number of nitrogens with one attached hydrogen (secondary N) is 1. The van der Waals surface area contributed by atoms with Gasteiger partial charge in [0.2, 0.25) is 5.91 Å².